The summed E-state index contributed by atoms with van der Waals surface area (Å²) in [7, 11) is 0. The van der Waals surface area contributed by atoms with Gasteiger partial charge in [-0.15, -0.1) is 0 Å². The molecule has 6 fully saturated rings. The zero-order valence-corrected chi connectivity index (χ0v) is 5.07. The number of nitrogens with zero attached hydrogens (tertiary/aromatic N) is 2. The minimum absolute atomic E-state index is 1.07. The van der Waals surface area contributed by atoms with Crippen LogP contribution in [0.3, 0.4) is 0 Å². The van der Waals surface area contributed by atoms with Gasteiger partial charge < -0.3 is 0 Å². The molecule has 0 N–H and O–H groups in total. The Labute approximate surface area is 53.4 Å². The fourth-order valence-electron chi connectivity index (χ4n) is 4.20. The quantitative estimate of drug-likeness (QED) is 0.404. The zero-order chi connectivity index (χ0) is 5.33. The Morgan fingerprint density at radius 3 is 1.44 bits per heavy atom. The SMILES string of the molecule is C1C2C3C4C1C1C2N1N34. The summed E-state index contributed by atoms with van der Waals surface area (Å²) in [6.07, 6.45) is 1.59. The maximum atomic E-state index is 2.66. The van der Waals surface area contributed by atoms with Crippen molar-refractivity contribution >= 4 is 0 Å². The second kappa shape index (κ2) is 0.611. The second-order valence-corrected chi connectivity index (χ2v) is 4.29. The minimum Gasteiger partial charge on any atom is -0.231 e. The Hall–Kier alpha value is -0.0800. The Bertz CT molecular complexity index is 172. The third kappa shape index (κ3) is 0.144. The summed E-state index contributed by atoms with van der Waals surface area (Å²) in [4.78, 5) is 0. The predicted octanol–water partition coefficient (Wildman–Crippen LogP) is -0.330. The van der Waals surface area contributed by atoms with Gasteiger partial charge in [0.1, 0.15) is 0 Å². The third-order valence-electron chi connectivity index (χ3n) is 4.31. The van der Waals surface area contributed by atoms with Gasteiger partial charge in [-0.05, 0) is 18.3 Å². The molecule has 2 saturated carbocycles. The summed E-state index contributed by atoms with van der Waals surface area (Å²) < 4.78 is 0. The minimum atomic E-state index is 1.07. The molecule has 4 heterocycles. The van der Waals surface area contributed by atoms with Crippen LogP contribution in [-0.2, 0) is 0 Å². The van der Waals surface area contributed by atoms with E-state index in [2.05, 4.69) is 10.0 Å². The molecule has 0 aromatic carbocycles. The van der Waals surface area contributed by atoms with Crippen LogP contribution in [0.4, 0.5) is 0 Å². The molecule has 0 amide bonds. The van der Waals surface area contributed by atoms with E-state index < -0.39 is 0 Å². The van der Waals surface area contributed by atoms with Crippen molar-refractivity contribution in [3.8, 4) is 0 Å². The molecule has 0 spiro atoms. The van der Waals surface area contributed by atoms with Crippen LogP contribution in [0.5, 0.6) is 0 Å². The van der Waals surface area contributed by atoms with Gasteiger partial charge in [0.25, 0.3) is 0 Å². The molecule has 4 aliphatic heterocycles. The molecule has 6 rings (SSSR count). The average molecular weight is 120 g/mol. The van der Waals surface area contributed by atoms with Gasteiger partial charge >= 0.3 is 0 Å². The van der Waals surface area contributed by atoms with Crippen LogP contribution in [0.25, 0.3) is 0 Å². The van der Waals surface area contributed by atoms with Crippen molar-refractivity contribution in [1.82, 2.24) is 10.0 Å². The molecule has 0 aromatic heterocycles. The lowest BCUT2D eigenvalue weighted by atomic mass is 10.0. The van der Waals surface area contributed by atoms with E-state index in [1.807, 2.05) is 0 Å². The number of rotatable bonds is 0. The van der Waals surface area contributed by atoms with Crippen molar-refractivity contribution < 1.29 is 0 Å². The van der Waals surface area contributed by atoms with Gasteiger partial charge in [0.2, 0.25) is 0 Å². The van der Waals surface area contributed by atoms with Crippen molar-refractivity contribution in [2.75, 3.05) is 0 Å². The van der Waals surface area contributed by atoms with Gasteiger partial charge in [0, 0.05) is 24.2 Å². The Kier molecular flexibility index (Phi) is 0.227. The van der Waals surface area contributed by atoms with Crippen molar-refractivity contribution in [2.45, 2.75) is 30.6 Å². The van der Waals surface area contributed by atoms with E-state index >= 15 is 0 Å². The maximum absolute atomic E-state index is 2.66. The van der Waals surface area contributed by atoms with E-state index in [-0.39, 0.29) is 0 Å². The van der Waals surface area contributed by atoms with Crippen LogP contribution in [-0.4, -0.2) is 34.2 Å². The van der Waals surface area contributed by atoms with Gasteiger partial charge in [-0.1, -0.05) is 0 Å². The molecule has 4 unspecified atom stereocenters. The van der Waals surface area contributed by atoms with E-state index in [1.54, 1.807) is 6.42 Å². The molecule has 6 aliphatic rings. The number of hydrazine groups is 1. The van der Waals surface area contributed by atoms with E-state index in [0.29, 0.717) is 0 Å². The van der Waals surface area contributed by atoms with Crippen molar-refractivity contribution in [3.05, 3.63) is 0 Å². The highest BCUT2D eigenvalue weighted by Crippen LogP contribution is 2.76. The first-order valence-corrected chi connectivity index (χ1v) is 4.05. The lowest BCUT2D eigenvalue weighted by Crippen LogP contribution is -2.14. The molecule has 9 heavy (non-hydrogen) atoms. The Morgan fingerprint density at radius 2 is 1.22 bits per heavy atom. The average Bonchev–Trinajstić information content (AvgIpc) is 2.61. The highest BCUT2D eigenvalue weighted by molar-refractivity contribution is 5.40. The van der Waals surface area contributed by atoms with Crippen LogP contribution >= 0.6 is 0 Å². The standard InChI is InChI=1S/C7H8N2/c1-2-4-6-3(1)7-5(2)9(7)8(4)6/h2-7H,1H2. The summed E-state index contributed by atoms with van der Waals surface area (Å²) in [5, 5.41) is 5.32. The van der Waals surface area contributed by atoms with E-state index in [0.717, 1.165) is 36.0 Å². The summed E-state index contributed by atoms with van der Waals surface area (Å²) >= 11 is 0. The number of piperidine rings is 2. The van der Waals surface area contributed by atoms with Crippen molar-refractivity contribution in [1.29, 1.82) is 0 Å². The molecule has 4 atom stereocenters. The smallest absolute Gasteiger partial charge is 0.0467 e. The molecule has 2 aliphatic carbocycles. The van der Waals surface area contributed by atoms with Gasteiger partial charge in [-0.25, -0.2) is 10.0 Å². The summed E-state index contributed by atoms with van der Waals surface area (Å²) in [6, 6.07) is 4.30. The molecule has 0 radical (unpaired) electrons. The topological polar surface area (TPSA) is 6.02 Å². The first-order chi connectivity index (χ1) is 4.48. The molecule has 2 nitrogen and oxygen atoms in total. The van der Waals surface area contributed by atoms with E-state index in [9.17, 15) is 0 Å². The van der Waals surface area contributed by atoms with Gasteiger partial charge in [-0.3, -0.25) is 0 Å². The highest BCUT2D eigenvalue weighted by Gasteiger charge is 2.90. The zero-order valence-electron chi connectivity index (χ0n) is 5.07. The monoisotopic (exact) mass is 120 g/mol. The maximum Gasteiger partial charge on any atom is 0.0467 e. The molecule has 46 valence electrons. The number of hydrogen-bond acceptors (Lipinski definition) is 2. The summed E-state index contributed by atoms with van der Waals surface area (Å²) in [5.74, 6) is 2.29. The van der Waals surface area contributed by atoms with Crippen molar-refractivity contribution in [3.63, 3.8) is 0 Å². The normalized spacial score (nSPS) is 98.7. The molecular formula is C7H8N2. The van der Waals surface area contributed by atoms with Gasteiger partial charge in [-0.2, -0.15) is 0 Å². The fraction of sp³-hybridized carbons (Fsp3) is 1.00. The number of hydrogen-bond donors (Lipinski definition) is 0. The first kappa shape index (κ1) is 3.35. The third-order valence-corrected chi connectivity index (χ3v) is 4.31. The van der Waals surface area contributed by atoms with Crippen molar-refractivity contribution in [2.24, 2.45) is 11.8 Å². The lowest BCUT2D eigenvalue weighted by Gasteiger charge is -1.97. The van der Waals surface area contributed by atoms with Crippen LogP contribution in [0.1, 0.15) is 6.42 Å². The van der Waals surface area contributed by atoms with Crippen LogP contribution in [0, 0.1) is 11.8 Å². The Balaban J connectivity index is 2.03. The summed E-state index contributed by atoms with van der Waals surface area (Å²) in [6.45, 7) is 0. The van der Waals surface area contributed by atoms with E-state index in [4.69, 9.17) is 0 Å². The fourth-order valence-corrected chi connectivity index (χ4v) is 4.20. The largest absolute Gasteiger partial charge is 0.231 e. The van der Waals surface area contributed by atoms with Crippen LogP contribution < -0.4 is 0 Å². The van der Waals surface area contributed by atoms with Crippen LogP contribution in [0.15, 0.2) is 0 Å². The predicted molar refractivity (Wildman–Crippen MR) is 30.4 cm³/mol. The molecular weight excluding hydrogens is 112 g/mol. The van der Waals surface area contributed by atoms with Gasteiger partial charge in [0.05, 0.1) is 0 Å². The lowest BCUT2D eigenvalue weighted by molar-refractivity contribution is 0.263. The second-order valence-electron chi connectivity index (χ2n) is 4.29. The molecule has 4 saturated heterocycles. The molecule has 2 heteroatoms. The first-order valence-electron chi connectivity index (χ1n) is 4.05. The van der Waals surface area contributed by atoms with E-state index in [1.165, 1.54) is 0 Å². The summed E-state index contributed by atoms with van der Waals surface area (Å²) in [5.41, 5.74) is 0. The molecule has 0 aromatic rings. The Morgan fingerprint density at radius 1 is 0.778 bits per heavy atom. The highest BCUT2D eigenvalue weighted by atomic mass is 15.9. The van der Waals surface area contributed by atoms with Gasteiger partial charge in [0.15, 0.2) is 0 Å². The molecule has 2 bridgehead atoms. The van der Waals surface area contributed by atoms with Crippen LogP contribution in [0.2, 0.25) is 0 Å².